The Labute approximate surface area is 171 Å². The van der Waals surface area contributed by atoms with E-state index < -0.39 is 34.5 Å². The number of carbonyl (C=O) groups excluding carboxylic acids is 4. The Morgan fingerprint density at radius 3 is 2.40 bits per heavy atom. The first-order chi connectivity index (χ1) is 14.2. The molecule has 0 N–H and O–H groups in total. The highest BCUT2D eigenvalue weighted by Gasteiger charge is 2.40. The van der Waals surface area contributed by atoms with E-state index in [1.54, 1.807) is 24.3 Å². The molecule has 9 nitrogen and oxygen atoms in total. The van der Waals surface area contributed by atoms with E-state index in [1.807, 2.05) is 6.92 Å². The second-order valence-corrected chi connectivity index (χ2v) is 6.83. The number of ether oxygens (including phenoxy) is 1. The summed E-state index contributed by atoms with van der Waals surface area (Å²) in [6.45, 7) is 3.00. The van der Waals surface area contributed by atoms with Gasteiger partial charge in [0, 0.05) is 18.2 Å². The molecule has 2 aromatic rings. The van der Waals surface area contributed by atoms with E-state index in [4.69, 9.17) is 4.74 Å². The number of Topliss-reactive ketones (excluding diaryl/α,β-unsaturated/α-hetero) is 1. The van der Waals surface area contributed by atoms with Crippen LogP contribution in [0, 0.1) is 17.0 Å². The number of amides is 2. The number of aryl methyl sites for hydroxylation is 1. The second-order valence-electron chi connectivity index (χ2n) is 6.83. The number of imide groups is 1. The molecule has 0 saturated heterocycles. The lowest BCUT2D eigenvalue weighted by atomic mass is 10.1. The third kappa shape index (κ3) is 3.95. The van der Waals surface area contributed by atoms with Gasteiger partial charge in [-0.3, -0.25) is 34.2 Å². The SMILES string of the molecule is Cc1ccc(C(=O)[C@H](C)OC(=O)CCN2C(=O)c3cccc([N+](=O)[O-])c3C2=O)cc1. The van der Waals surface area contributed by atoms with Crippen molar-refractivity contribution in [2.75, 3.05) is 6.54 Å². The first-order valence-corrected chi connectivity index (χ1v) is 9.14. The molecule has 0 fully saturated rings. The topological polar surface area (TPSA) is 124 Å². The van der Waals surface area contributed by atoms with Crippen LogP contribution in [0.25, 0.3) is 0 Å². The molecule has 0 unspecified atom stereocenters. The van der Waals surface area contributed by atoms with Crippen LogP contribution in [0.4, 0.5) is 5.69 Å². The van der Waals surface area contributed by atoms with Crippen LogP contribution in [0.5, 0.6) is 0 Å². The van der Waals surface area contributed by atoms with E-state index in [0.717, 1.165) is 16.5 Å². The third-order valence-electron chi connectivity index (χ3n) is 4.73. The van der Waals surface area contributed by atoms with Crippen molar-refractivity contribution in [3.63, 3.8) is 0 Å². The lowest BCUT2D eigenvalue weighted by Crippen LogP contribution is -2.33. The van der Waals surface area contributed by atoms with Gasteiger partial charge in [0.05, 0.1) is 16.9 Å². The van der Waals surface area contributed by atoms with Crippen molar-refractivity contribution in [3.05, 3.63) is 74.8 Å². The molecule has 9 heteroatoms. The smallest absolute Gasteiger partial charge is 0.308 e. The van der Waals surface area contributed by atoms with Gasteiger partial charge in [0.25, 0.3) is 17.5 Å². The molecular weight excluding hydrogens is 392 g/mol. The van der Waals surface area contributed by atoms with Gasteiger partial charge in [-0.15, -0.1) is 0 Å². The summed E-state index contributed by atoms with van der Waals surface area (Å²) >= 11 is 0. The summed E-state index contributed by atoms with van der Waals surface area (Å²) in [6.07, 6.45) is -1.38. The van der Waals surface area contributed by atoms with Crippen LogP contribution < -0.4 is 0 Å². The fourth-order valence-electron chi connectivity index (χ4n) is 3.14. The number of rotatable bonds is 7. The largest absolute Gasteiger partial charge is 0.454 e. The third-order valence-corrected chi connectivity index (χ3v) is 4.73. The van der Waals surface area contributed by atoms with E-state index in [2.05, 4.69) is 0 Å². The number of nitro benzene ring substituents is 1. The summed E-state index contributed by atoms with van der Waals surface area (Å²) in [5, 5.41) is 11.1. The lowest BCUT2D eigenvalue weighted by molar-refractivity contribution is -0.385. The zero-order valence-corrected chi connectivity index (χ0v) is 16.3. The molecule has 1 heterocycles. The van der Waals surface area contributed by atoms with Gasteiger partial charge in [-0.05, 0) is 19.9 Å². The van der Waals surface area contributed by atoms with Gasteiger partial charge in [0.1, 0.15) is 5.56 Å². The van der Waals surface area contributed by atoms with Crippen molar-refractivity contribution in [3.8, 4) is 0 Å². The number of hydrogen-bond acceptors (Lipinski definition) is 7. The first-order valence-electron chi connectivity index (χ1n) is 9.14. The van der Waals surface area contributed by atoms with Crippen molar-refractivity contribution in [1.29, 1.82) is 0 Å². The fourth-order valence-corrected chi connectivity index (χ4v) is 3.14. The molecule has 1 aliphatic heterocycles. The van der Waals surface area contributed by atoms with E-state index >= 15 is 0 Å². The molecular formula is C21H18N2O7. The van der Waals surface area contributed by atoms with Crippen LogP contribution in [-0.2, 0) is 9.53 Å². The Balaban J connectivity index is 1.62. The van der Waals surface area contributed by atoms with Gasteiger partial charge in [0.15, 0.2) is 6.10 Å². The van der Waals surface area contributed by atoms with Crippen molar-refractivity contribution in [2.45, 2.75) is 26.4 Å². The normalized spacial score (nSPS) is 13.7. The van der Waals surface area contributed by atoms with E-state index in [0.29, 0.717) is 5.56 Å². The van der Waals surface area contributed by atoms with Crippen molar-refractivity contribution < 1.29 is 28.8 Å². The lowest BCUT2D eigenvalue weighted by Gasteiger charge is -2.15. The molecule has 154 valence electrons. The quantitative estimate of drug-likeness (QED) is 0.226. The number of nitrogens with zero attached hydrogens (tertiary/aromatic N) is 2. The average Bonchev–Trinajstić information content (AvgIpc) is 2.96. The molecule has 0 aliphatic carbocycles. The Morgan fingerprint density at radius 2 is 1.77 bits per heavy atom. The van der Waals surface area contributed by atoms with Crippen LogP contribution in [0.2, 0.25) is 0 Å². The molecule has 30 heavy (non-hydrogen) atoms. The van der Waals surface area contributed by atoms with Gasteiger partial charge < -0.3 is 4.74 Å². The number of esters is 1. The molecule has 1 atom stereocenters. The maximum atomic E-state index is 12.5. The van der Waals surface area contributed by atoms with Gasteiger partial charge in [-0.2, -0.15) is 0 Å². The molecule has 0 aromatic heterocycles. The number of fused-ring (bicyclic) bond motifs is 1. The van der Waals surface area contributed by atoms with Crippen molar-refractivity contribution in [2.24, 2.45) is 0 Å². The van der Waals surface area contributed by atoms with E-state index in [-0.39, 0.29) is 29.9 Å². The number of benzene rings is 2. The summed E-state index contributed by atoms with van der Waals surface area (Å²) in [5.41, 5.74) is 0.549. The Bertz CT molecular complexity index is 1060. The molecule has 2 amide bonds. The highest BCUT2D eigenvalue weighted by molar-refractivity contribution is 6.23. The van der Waals surface area contributed by atoms with Crippen LogP contribution in [0.3, 0.4) is 0 Å². The molecule has 2 aromatic carbocycles. The number of hydrogen-bond donors (Lipinski definition) is 0. The highest BCUT2D eigenvalue weighted by atomic mass is 16.6. The predicted molar refractivity (Wildman–Crippen MR) is 104 cm³/mol. The molecule has 0 bridgehead atoms. The molecule has 0 radical (unpaired) electrons. The van der Waals surface area contributed by atoms with Crippen LogP contribution in [-0.4, -0.2) is 46.0 Å². The molecule has 0 spiro atoms. The van der Waals surface area contributed by atoms with Crippen LogP contribution >= 0.6 is 0 Å². The Hall–Kier alpha value is -3.88. The van der Waals surface area contributed by atoms with Gasteiger partial charge in [-0.25, -0.2) is 0 Å². The maximum absolute atomic E-state index is 12.5. The summed E-state index contributed by atoms with van der Waals surface area (Å²) in [6, 6.07) is 10.6. The Kier molecular flexibility index (Phi) is 5.72. The molecule has 0 saturated carbocycles. The monoisotopic (exact) mass is 410 g/mol. The summed E-state index contributed by atoms with van der Waals surface area (Å²) in [4.78, 5) is 60.5. The van der Waals surface area contributed by atoms with Crippen LogP contribution in [0.15, 0.2) is 42.5 Å². The highest BCUT2D eigenvalue weighted by Crippen LogP contribution is 2.30. The summed E-state index contributed by atoms with van der Waals surface area (Å²) in [7, 11) is 0. The number of ketones is 1. The minimum Gasteiger partial charge on any atom is -0.454 e. The zero-order valence-electron chi connectivity index (χ0n) is 16.3. The maximum Gasteiger partial charge on any atom is 0.308 e. The predicted octanol–water partition coefficient (Wildman–Crippen LogP) is 2.70. The zero-order chi connectivity index (χ0) is 22.0. The van der Waals surface area contributed by atoms with Crippen LogP contribution in [0.1, 0.15) is 50.0 Å². The fraction of sp³-hybridized carbons (Fsp3) is 0.238. The van der Waals surface area contributed by atoms with Crippen molar-refractivity contribution >= 4 is 29.3 Å². The Morgan fingerprint density at radius 1 is 1.10 bits per heavy atom. The molecule has 3 rings (SSSR count). The number of nitro groups is 1. The van der Waals surface area contributed by atoms with E-state index in [9.17, 15) is 29.3 Å². The van der Waals surface area contributed by atoms with E-state index in [1.165, 1.54) is 19.1 Å². The standard InChI is InChI=1S/C21H18N2O7/c1-12-6-8-14(9-7-12)19(25)13(2)30-17(24)10-11-22-20(26)15-4-3-5-16(23(28)29)18(15)21(22)27/h3-9,13H,10-11H2,1-2H3/t13-/m0/s1. The first kappa shape index (κ1) is 20.8. The van der Waals surface area contributed by atoms with Gasteiger partial charge >= 0.3 is 5.97 Å². The average molecular weight is 410 g/mol. The summed E-state index contributed by atoms with van der Waals surface area (Å²) in [5.74, 6) is -2.69. The minimum atomic E-state index is -1.04. The minimum absolute atomic E-state index is 0.0783. The van der Waals surface area contributed by atoms with Gasteiger partial charge in [0.2, 0.25) is 5.78 Å². The van der Waals surface area contributed by atoms with Crippen molar-refractivity contribution in [1.82, 2.24) is 4.90 Å². The molecule has 1 aliphatic rings. The second kappa shape index (κ2) is 8.24. The summed E-state index contributed by atoms with van der Waals surface area (Å²) < 4.78 is 5.12. The van der Waals surface area contributed by atoms with Gasteiger partial charge in [-0.1, -0.05) is 35.9 Å². The number of carbonyl (C=O) groups is 4.